The van der Waals surface area contributed by atoms with Gasteiger partial charge in [-0.15, -0.1) is 0 Å². The number of thioether (sulfide) groups is 1. The van der Waals surface area contributed by atoms with Crippen molar-refractivity contribution in [3.63, 3.8) is 0 Å². The summed E-state index contributed by atoms with van der Waals surface area (Å²) >= 11 is 1.71. The second kappa shape index (κ2) is 9.09. The molecule has 0 radical (unpaired) electrons. The van der Waals surface area contributed by atoms with Crippen LogP contribution in [0.4, 0.5) is 0 Å². The van der Waals surface area contributed by atoms with Crippen LogP contribution in [-0.2, 0) is 9.47 Å². The molecule has 0 saturated carbocycles. The predicted octanol–water partition coefficient (Wildman–Crippen LogP) is -2.12. The van der Waals surface area contributed by atoms with E-state index in [9.17, 15) is 15.3 Å². The summed E-state index contributed by atoms with van der Waals surface area (Å²) in [5.41, 5.74) is 5.36. The van der Waals surface area contributed by atoms with E-state index in [1.807, 2.05) is 0 Å². The van der Waals surface area contributed by atoms with Gasteiger partial charge in [-0.05, 0) is 12.2 Å². The Morgan fingerprint density at radius 1 is 1.11 bits per heavy atom. The van der Waals surface area contributed by atoms with Crippen molar-refractivity contribution in [2.75, 3.05) is 31.3 Å². The summed E-state index contributed by atoms with van der Waals surface area (Å²) in [5.74, 6) is 1.77. The highest BCUT2D eigenvalue weighted by Crippen LogP contribution is 2.22. The van der Waals surface area contributed by atoms with E-state index in [0.29, 0.717) is 13.2 Å². The summed E-state index contributed by atoms with van der Waals surface area (Å²) in [6.45, 7) is 0.551. The standard InChI is InChI=1S/C11H23NO6S/c12-2-5-19-4-1-3-17-11-10(16)9(15)8(14)7(6-13)18-11/h7-11,13-16H,1-6,12H2/t7-,8-,9+,10+,11+/m1/s1. The van der Waals surface area contributed by atoms with Gasteiger partial charge in [0.2, 0.25) is 0 Å². The van der Waals surface area contributed by atoms with E-state index >= 15 is 0 Å². The van der Waals surface area contributed by atoms with Crippen LogP contribution in [0.15, 0.2) is 0 Å². The average molecular weight is 297 g/mol. The molecule has 19 heavy (non-hydrogen) atoms. The van der Waals surface area contributed by atoms with Crippen LogP contribution >= 0.6 is 11.8 Å². The van der Waals surface area contributed by atoms with Gasteiger partial charge in [-0.1, -0.05) is 0 Å². The lowest BCUT2D eigenvalue weighted by molar-refractivity contribution is -0.300. The van der Waals surface area contributed by atoms with Crippen molar-refractivity contribution >= 4 is 11.8 Å². The lowest BCUT2D eigenvalue weighted by Gasteiger charge is -2.39. The predicted molar refractivity (Wildman–Crippen MR) is 70.7 cm³/mol. The topological polar surface area (TPSA) is 125 Å². The van der Waals surface area contributed by atoms with Crippen molar-refractivity contribution in [3.8, 4) is 0 Å². The minimum Gasteiger partial charge on any atom is -0.394 e. The summed E-state index contributed by atoms with van der Waals surface area (Å²) in [6.07, 6.45) is -5.25. The SMILES string of the molecule is NCCSCCCO[C@H]1O[C@H](CO)[C@@H](O)[C@H](O)[C@@H]1O. The number of hydrogen-bond donors (Lipinski definition) is 5. The molecule has 1 aliphatic heterocycles. The largest absolute Gasteiger partial charge is 0.394 e. The number of aliphatic hydroxyl groups is 4. The van der Waals surface area contributed by atoms with Crippen molar-refractivity contribution < 1.29 is 29.9 Å². The van der Waals surface area contributed by atoms with E-state index in [4.69, 9.17) is 20.3 Å². The molecule has 0 amide bonds. The van der Waals surface area contributed by atoms with E-state index in [2.05, 4.69) is 0 Å². The van der Waals surface area contributed by atoms with Gasteiger partial charge in [-0.2, -0.15) is 11.8 Å². The highest BCUT2D eigenvalue weighted by Gasteiger charge is 2.43. The Labute approximate surface area is 116 Å². The first-order chi connectivity index (χ1) is 9.11. The lowest BCUT2D eigenvalue weighted by Crippen LogP contribution is -2.59. The van der Waals surface area contributed by atoms with Gasteiger partial charge in [-0.25, -0.2) is 0 Å². The summed E-state index contributed by atoms with van der Waals surface area (Å²) in [5, 5.41) is 37.8. The lowest BCUT2D eigenvalue weighted by atomic mass is 9.99. The molecular weight excluding hydrogens is 274 g/mol. The second-order valence-corrected chi connectivity index (χ2v) is 5.55. The Morgan fingerprint density at radius 3 is 2.47 bits per heavy atom. The fourth-order valence-electron chi connectivity index (χ4n) is 1.75. The van der Waals surface area contributed by atoms with Gasteiger partial charge in [0.25, 0.3) is 0 Å². The van der Waals surface area contributed by atoms with Gasteiger partial charge in [0.05, 0.1) is 13.2 Å². The average Bonchev–Trinajstić information content (AvgIpc) is 2.42. The molecule has 0 unspecified atom stereocenters. The molecule has 114 valence electrons. The zero-order chi connectivity index (χ0) is 14.3. The molecule has 0 aromatic carbocycles. The van der Waals surface area contributed by atoms with Crippen molar-refractivity contribution in [2.45, 2.75) is 37.1 Å². The van der Waals surface area contributed by atoms with Crippen LogP contribution in [0.2, 0.25) is 0 Å². The first-order valence-electron chi connectivity index (χ1n) is 6.31. The highest BCUT2D eigenvalue weighted by atomic mass is 32.2. The Kier molecular flexibility index (Phi) is 8.19. The van der Waals surface area contributed by atoms with Crippen LogP contribution in [0.5, 0.6) is 0 Å². The molecule has 0 aliphatic carbocycles. The Bertz CT molecular complexity index is 245. The highest BCUT2D eigenvalue weighted by molar-refractivity contribution is 7.99. The Hall–Kier alpha value is 0.0700. The summed E-state index contributed by atoms with van der Waals surface area (Å²) in [7, 11) is 0. The summed E-state index contributed by atoms with van der Waals surface area (Å²) < 4.78 is 10.5. The third kappa shape index (κ3) is 5.16. The van der Waals surface area contributed by atoms with Crippen LogP contribution in [0, 0.1) is 0 Å². The smallest absolute Gasteiger partial charge is 0.186 e. The molecule has 1 fully saturated rings. The maximum atomic E-state index is 9.70. The Morgan fingerprint density at radius 2 is 1.84 bits per heavy atom. The van der Waals surface area contributed by atoms with Crippen LogP contribution < -0.4 is 5.73 Å². The summed E-state index contributed by atoms with van der Waals surface area (Å²) in [4.78, 5) is 0. The molecule has 0 aromatic rings. The van der Waals surface area contributed by atoms with Gasteiger partial charge >= 0.3 is 0 Å². The molecule has 5 atom stereocenters. The first-order valence-corrected chi connectivity index (χ1v) is 7.47. The van der Waals surface area contributed by atoms with Gasteiger partial charge in [0, 0.05) is 12.3 Å². The molecule has 1 heterocycles. The van der Waals surface area contributed by atoms with Crippen molar-refractivity contribution in [2.24, 2.45) is 5.73 Å². The Balaban J connectivity index is 2.28. The quantitative estimate of drug-likeness (QED) is 0.322. The fraction of sp³-hybridized carbons (Fsp3) is 1.00. The summed E-state index contributed by atoms with van der Waals surface area (Å²) in [6, 6.07) is 0. The minimum atomic E-state index is -1.39. The normalized spacial score (nSPS) is 35.5. The number of nitrogens with two attached hydrogens (primary N) is 1. The molecule has 0 spiro atoms. The molecule has 1 saturated heterocycles. The van der Waals surface area contributed by atoms with E-state index in [1.54, 1.807) is 11.8 Å². The minimum absolute atomic E-state index is 0.361. The number of ether oxygens (including phenoxy) is 2. The van der Waals surface area contributed by atoms with E-state index in [0.717, 1.165) is 17.9 Å². The van der Waals surface area contributed by atoms with Crippen LogP contribution in [0.25, 0.3) is 0 Å². The molecule has 8 heteroatoms. The number of aliphatic hydroxyl groups excluding tert-OH is 4. The van der Waals surface area contributed by atoms with Gasteiger partial charge in [0.15, 0.2) is 6.29 Å². The van der Waals surface area contributed by atoms with Crippen molar-refractivity contribution in [1.29, 1.82) is 0 Å². The van der Waals surface area contributed by atoms with Crippen LogP contribution in [0.1, 0.15) is 6.42 Å². The zero-order valence-corrected chi connectivity index (χ0v) is 11.5. The van der Waals surface area contributed by atoms with Crippen molar-refractivity contribution in [3.05, 3.63) is 0 Å². The maximum absolute atomic E-state index is 9.70. The molecule has 0 bridgehead atoms. The molecule has 0 aromatic heterocycles. The van der Waals surface area contributed by atoms with Gasteiger partial charge < -0.3 is 35.6 Å². The van der Waals surface area contributed by atoms with E-state index in [1.165, 1.54) is 0 Å². The maximum Gasteiger partial charge on any atom is 0.186 e. The third-order valence-electron chi connectivity index (χ3n) is 2.83. The number of rotatable bonds is 8. The third-order valence-corrected chi connectivity index (χ3v) is 3.93. The molecule has 1 rings (SSSR count). The van der Waals surface area contributed by atoms with Crippen LogP contribution in [0.3, 0.4) is 0 Å². The fourth-order valence-corrected chi connectivity index (χ4v) is 2.44. The zero-order valence-electron chi connectivity index (χ0n) is 10.7. The molecule has 1 aliphatic rings. The van der Waals surface area contributed by atoms with E-state index in [-0.39, 0.29) is 0 Å². The van der Waals surface area contributed by atoms with Gasteiger partial charge in [-0.3, -0.25) is 0 Å². The first kappa shape index (κ1) is 17.1. The monoisotopic (exact) mass is 297 g/mol. The second-order valence-electron chi connectivity index (χ2n) is 4.32. The van der Waals surface area contributed by atoms with Crippen LogP contribution in [-0.4, -0.2) is 82.4 Å². The van der Waals surface area contributed by atoms with Gasteiger partial charge in [0.1, 0.15) is 24.4 Å². The number of hydrogen-bond acceptors (Lipinski definition) is 8. The molecule has 6 N–H and O–H groups in total. The molecular formula is C11H23NO6S. The van der Waals surface area contributed by atoms with Crippen molar-refractivity contribution in [1.82, 2.24) is 0 Å². The molecule has 7 nitrogen and oxygen atoms in total. The van der Waals surface area contributed by atoms with E-state index < -0.39 is 37.3 Å².